The Balaban J connectivity index is 1.40. The number of ether oxygens (including phenoxy) is 3. The molecule has 9 nitrogen and oxygen atoms in total. The number of carbonyl (C=O) groups excluding carboxylic acids is 4. The lowest BCUT2D eigenvalue weighted by Crippen LogP contribution is -2.56. The van der Waals surface area contributed by atoms with E-state index in [2.05, 4.69) is 39.1 Å². The summed E-state index contributed by atoms with van der Waals surface area (Å²) in [5.74, 6) is 0.0334. The van der Waals surface area contributed by atoms with Gasteiger partial charge < -0.3 is 24.9 Å². The molecular formula is C36H50N2O7. The zero-order chi connectivity index (χ0) is 32.7. The van der Waals surface area contributed by atoms with E-state index in [0.29, 0.717) is 37.2 Å². The summed E-state index contributed by atoms with van der Waals surface area (Å²) >= 11 is 0. The lowest BCUT2D eigenvalue weighted by molar-refractivity contribution is -0.160. The third kappa shape index (κ3) is 4.49. The first kappa shape index (κ1) is 32.0. The molecule has 0 aromatic rings. The SMILES string of the molecule is CC(=O)NCC1=C(C(OC(C)=O)[C@@H](C)[C@H]2[C@@H](OC(=O)C=N)C[C@@]3(C)C4CC[C@H]5[C@H](C)C(=O)C=C[C@@]56C[C@@]46CC[C@]23C)OC[C@@H]1C. The second-order valence-corrected chi connectivity index (χ2v) is 15.7. The maximum absolute atomic E-state index is 12.7. The van der Waals surface area contributed by atoms with Crippen molar-refractivity contribution in [2.24, 2.45) is 57.2 Å². The number of allylic oxidation sites excluding steroid dienone is 2. The molecule has 1 heterocycles. The molecule has 4 fully saturated rings. The molecule has 12 atom stereocenters. The molecule has 45 heavy (non-hydrogen) atoms. The van der Waals surface area contributed by atoms with E-state index in [1.165, 1.54) is 13.8 Å². The van der Waals surface area contributed by atoms with Gasteiger partial charge in [-0.25, -0.2) is 4.79 Å². The van der Waals surface area contributed by atoms with Crippen LogP contribution in [0.25, 0.3) is 0 Å². The first-order chi connectivity index (χ1) is 21.2. The largest absolute Gasteiger partial charge is 0.493 e. The number of ketones is 1. The Hall–Kier alpha value is -2.97. The Labute approximate surface area is 266 Å². The Bertz CT molecular complexity index is 1390. The van der Waals surface area contributed by atoms with Gasteiger partial charge in [-0.15, -0.1) is 0 Å². The van der Waals surface area contributed by atoms with Gasteiger partial charge in [0.1, 0.15) is 18.1 Å². The highest BCUT2D eigenvalue weighted by Crippen LogP contribution is 2.87. The molecule has 2 N–H and O–H groups in total. The first-order valence-electron chi connectivity index (χ1n) is 16.9. The Morgan fingerprint density at radius 3 is 2.56 bits per heavy atom. The minimum Gasteiger partial charge on any atom is -0.493 e. The molecular weight excluding hydrogens is 572 g/mol. The van der Waals surface area contributed by atoms with Crippen molar-refractivity contribution >= 4 is 29.8 Å². The summed E-state index contributed by atoms with van der Waals surface area (Å²) < 4.78 is 18.5. The molecule has 5 aliphatic carbocycles. The fraction of sp³-hybridized carbons (Fsp3) is 0.750. The third-order valence-electron chi connectivity index (χ3n) is 13.9. The van der Waals surface area contributed by atoms with E-state index in [1.54, 1.807) is 0 Å². The third-order valence-corrected chi connectivity index (χ3v) is 13.9. The minimum absolute atomic E-state index is 0.0432. The predicted molar refractivity (Wildman–Crippen MR) is 167 cm³/mol. The highest BCUT2D eigenvalue weighted by molar-refractivity contribution is 6.21. The van der Waals surface area contributed by atoms with Crippen LogP contribution in [-0.4, -0.2) is 55.2 Å². The maximum atomic E-state index is 12.7. The lowest BCUT2D eigenvalue weighted by atomic mass is 9.43. The Morgan fingerprint density at radius 1 is 1.16 bits per heavy atom. The van der Waals surface area contributed by atoms with Crippen LogP contribution in [0.15, 0.2) is 23.5 Å². The van der Waals surface area contributed by atoms with E-state index < -0.39 is 24.1 Å². The molecule has 0 bridgehead atoms. The van der Waals surface area contributed by atoms with E-state index in [0.717, 1.165) is 43.9 Å². The van der Waals surface area contributed by atoms with Crippen LogP contribution in [0.1, 0.15) is 87.0 Å². The van der Waals surface area contributed by atoms with Gasteiger partial charge in [-0.05, 0) is 83.7 Å². The standard InChI is InChI=1S/C36H50N2O7/c1-19-17-43-32(24(19)16-38-22(4)39)31(44-23(5)40)21(3)30-27(45-29(42)15-37)14-34(7)28-9-8-25-20(2)26(41)10-11-35(25)18-36(28,35)13-12-33(30,34)6/h10-11,15,19-21,25,27-28,30-31,37H,8-9,12-14,16-18H2,1-7H3,(H,38,39)/t19-,20-,21-,25-,27-,28?,30-,31?,33+,34-,35+,36-/m0/s1. The average Bonchev–Trinajstić information content (AvgIpc) is 3.41. The van der Waals surface area contributed by atoms with Gasteiger partial charge >= 0.3 is 11.9 Å². The Kier molecular flexibility index (Phi) is 7.68. The van der Waals surface area contributed by atoms with Crippen LogP contribution < -0.4 is 5.32 Å². The summed E-state index contributed by atoms with van der Waals surface area (Å²) in [6.07, 6.45) is 9.48. The highest BCUT2D eigenvalue weighted by atomic mass is 16.6. The normalized spacial score (nSPS) is 43.9. The second kappa shape index (κ2) is 10.8. The predicted octanol–water partition coefficient (Wildman–Crippen LogP) is 5.18. The van der Waals surface area contributed by atoms with Crippen LogP contribution in [0.4, 0.5) is 0 Å². The van der Waals surface area contributed by atoms with Gasteiger partial charge in [0.05, 0.1) is 6.61 Å². The number of nitrogens with one attached hydrogen (secondary N) is 2. The van der Waals surface area contributed by atoms with E-state index in [4.69, 9.17) is 19.6 Å². The van der Waals surface area contributed by atoms with Crippen molar-refractivity contribution in [3.05, 3.63) is 23.5 Å². The molecule has 2 spiro atoms. The van der Waals surface area contributed by atoms with Crippen LogP contribution >= 0.6 is 0 Å². The highest BCUT2D eigenvalue weighted by Gasteiger charge is 2.81. The number of esters is 2. The first-order valence-corrected chi connectivity index (χ1v) is 16.9. The molecule has 2 unspecified atom stereocenters. The van der Waals surface area contributed by atoms with Crippen molar-refractivity contribution in [2.45, 2.75) is 99.2 Å². The molecule has 4 saturated carbocycles. The van der Waals surface area contributed by atoms with Crippen molar-refractivity contribution in [1.82, 2.24) is 5.32 Å². The zero-order valence-corrected chi connectivity index (χ0v) is 27.9. The van der Waals surface area contributed by atoms with E-state index in [-0.39, 0.29) is 57.0 Å². The lowest BCUT2D eigenvalue weighted by Gasteiger charge is -2.61. The van der Waals surface area contributed by atoms with E-state index in [1.807, 2.05) is 13.0 Å². The molecule has 0 aromatic carbocycles. The van der Waals surface area contributed by atoms with Gasteiger partial charge in [-0.3, -0.25) is 14.4 Å². The van der Waals surface area contributed by atoms with Crippen LogP contribution in [0, 0.1) is 62.6 Å². The van der Waals surface area contributed by atoms with Crippen LogP contribution in [0.3, 0.4) is 0 Å². The molecule has 0 saturated heterocycles. The summed E-state index contributed by atoms with van der Waals surface area (Å²) in [4.78, 5) is 49.9. The molecule has 246 valence electrons. The molecule has 1 amide bonds. The number of rotatable bonds is 8. The van der Waals surface area contributed by atoms with Crippen molar-refractivity contribution in [3.8, 4) is 0 Å². The maximum Gasteiger partial charge on any atom is 0.348 e. The number of fused-ring (bicyclic) bond motifs is 2. The number of amides is 1. The quantitative estimate of drug-likeness (QED) is 0.282. The van der Waals surface area contributed by atoms with Gasteiger partial charge in [0.2, 0.25) is 5.91 Å². The summed E-state index contributed by atoms with van der Waals surface area (Å²) in [5.41, 5.74) is 0.679. The van der Waals surface area contributed by atoms with Crippen LogP contribution in [-0.2, 0) is 33.4 Å². The van der Waals surface area contributed by atoms with Gasteiger partial charge in [0.25, 0.3) is 0 Å². The fourth-order valence-corrected chi connectivity index (χ4v) is 11.8. The van der Waals surface area contributed by atoms with Gasteiger partial charge in [0, 0.05) is 44.1 Å². The molecule has 6 rings (SSSR count). The summed E-state index contributed by atoms with van der Waals surface area (Å²) in [6.45, 7) is 14.6. The smallest absolute Gasteiger partial charge is 0.348 e. The number of hydrogen-bond acceptors (Lipinski definition) is 8. The van der Waals surface area contributed by atoms with Crippen LogP contribution in [0.2, 0.25) is 0 Å². The fourth-order valence-electron chi connectivity index (χ4n) is 11.8. The number of hydrogen-bond donors (Lipinski definition) is 2. The zero-order valence-electron chi connectivity index (χ0n) is 27.9. The Morgan fingerprint density at radius 2 is 1.89 bits per heavy atom. The topological polar surface area (TPSA) is 132 Å². The van der Waals surface area contributed by atoms with E-state index in [9.17, 15) is 19.2 Å². The second-order valence-electron chi connectivity index (χ2n) is 15.7. The summed E-state index contributed by atoms with van der Waals surface area (Å²) in [5, 5.41) is 10.5. The molecule has 1 aliphatic heterocycles. The molecule has 6 aliphatic rings. The van der Waals surface area contributed by atoms with Gasteiger partial charge in [-0.2, -0.15) is 0 Å². The summed E-state index contributed by atoms with van der Waals surface area (Å²) in [6, 6.07) is 0. The minimum atomic E-state index is -0.714. The summed E-state index contributed by atoms with van der Waals surface area (Å²) in [7, 11) is 0. The van der Waals surface area contributed by atoms with Crippen LogP contribution in [0.5, 0.6) is 0 Å². The average molecular weight is 623 g/mol. The van der Waals surface area contributed by atoms with Gasteiger partial charge in [-0.1, -0.05) is 40.7 Å². The molecule has 0 radical (unpaired) electrons. The van der Waals surface area contributed by atoms with Crippen molar-refractivity contribution in [1.29, 1.82) is 5.41 Å². The van der Waals surface area contributed by atoms with Crippen molar-refractivity contribution in [3.63, 3.8) is 0 Å². The van der Waals surface area contributed by atoms with Crippen molar-refractivity contribution < 1.29 is 33.4 Å². The van der Waals surface area contributed by atoms with E-state index >= 15 is 0 Å². The monoisotopic (exact) mass is 622 g/mol. The van der Waals surface area contributed by atoms with Gasteiger partial charge in [0.15, 0.2) is 11.9 Å². The molecule has 9 heteroatoms. The van der Waals surface area contributed by atoms with Crippen molar-refractivity contribution in [2.75, 3.05) is 13.2 Å². The molecule has 0 aromatic heterocycles. The number of carbonyl (C=O) groups is 4.